The maximum absolute atomic E-state index is 10.5. The molecule has 2 bridgehead atoms. The average molecular weight is 363 g/mol. The van der Waals surface area contributed by atoms with Gasteiger partial charge in [-0.1, -0.05) is 43.6 Å². The van der Waals surface area contributed by atoms with Crippen LogP contribution in [0.3, 0.4) is 0 Å². The third-order valence-electron chi connectivity index (χ3n) is 6.49. The summed E-state index contributed by atoms with van der Waals surface area (Å²) in [7, 11) is 0. The predicted octanol–water partition coefficient (Wildman–Crippen LogP) is 4.48. The Morgan fingerprint density at radius 1 is 1.08 bits per heavy atom. The summed E-state index contributed by atoms with van der Waals surface area (Å²) in [5.41, 5.74) is 0. The van der Waals surface area contributed by atoms with Crippen molar-refractivity contribution in [3.8, 4) is 0 Å². The van der Waals surface area contributed by atoms with Gasteiger partial charge in [-0.05, 0) is 56.8 Å². The molecule has 2 saturated heterocycles. The molecule has 0 spiro atoms. The second-order valence-corrected chi connectivity index (χ2v) is 8.30. The molecule has 26 heavy (non-hydrogen) atoms. The third kappa shape index (κ3) is 5.20. The maximum Gasteiger partial charge on any atom is 0.303 e. The lowest BCUT2D eigenvalue weighted by atomic mass is 9.76. The number of carbonyl (C=O) groups is 1. The zero-order valence-corrected chi connectivity index (χ0v) is 15.8. The Balaban J connectivity index is 1.49. The molecule has 1 aliphatic carbocycles. The van der Waals surface area contributed by atoms with Crippen LogP contribution in [0, 0.1) is 17.8 Å². The van der Waals surface area contributed by atoms with E-state index in [-0.39, 0.29) is 12.5 Å². The van der Waals surface area contributed by atoms with E-state index in [1.54, 1.807) is 0 Å². The first kappa shape index (κ1) is 19.6. The van der Waals surface area contributed by atoms with Crippen LogP contribution in [0.4, 0.5) is 0 Å². The molecule has 0 aromatic rings. The summed E-state index contributed by atoms with van der Waals surface area (Å²) in [6.07, 6.45) is 20.2. The van der Waals surface area contributed by atoms with Crippen LogP contribution < -0.4 is 0 Å². The van der Waals surface area contributed by atoms with Gasteiger partial charge in [-0.15, -0.1) is 0 Å². The SMILES string of the molecule is O=C(O)CCC/C=C\C[C@@H]1[C@@H](/C=C/[C@H](O)C2CCCCC2)[C@H]2CC[C@@H]1O2. The van der Waals surface area contributed by atoms with E-state index in [0.717, 1.165) is 38.5 Å². The summed E-state index contributed by atoms with van der Waals surface area (Å²) < 4.78 is 6.14. The van der Waals surface area contributed by atoms with Crippen LogP contribution in [0.5, 0.6) is 0 Å². The lowest BCUT2D eigenvalue weighted by Crippen LogP contribution is -2.26. The van der Waals surface area contributed by atoms with Gasteiger partial charge in [0, 0.05) is 12.3 Å². The molecule has 3 rings (SSSR count). The Morgan fingerprint density at radius 3 is 2.62 bits per heavy atom. The molecule has 0 aromatic carbocycles. The van der Waals surface area contributed by atoms with Crippen molar-refractivity contribution in [3.63, 3.8) is 0 Å². The number of aliphatic hydroxyl groups excluding tert-OH is 1. The van der Waals surface area contributed by atoms with E-state index in [2.05, 4.69) is 18.2 Å². The monoisotopic (exact) mass is 362 g/mol. The number of rotatable bonds is 9. The highest BCUT2D eigenvalue weighted by Crippen LogP contribution is 2.46. The number of unbranched alkanes of at least 4 members (excludes halogenated alkanes) is 1. The first-order valence-electron chi connectivity index (χ1n) is 10.5. The fourth-order valence-electron chi connectivity index (χ4n) is 5.00. The van der Waals surface area contributed by atoms with Gasteiger partial charge in [0.15, 0.2) is 0 Å². The number of hydrogen-bond acceptors (Lipinski definition) is 3. The fraction of sp³-hybridized carbons (Fsp3) is 0.773. The van der Waals surface area contributed by atoms with Crippen LogP contribution in [-0.2, 0) is 9.53 Å². The molecule has 0 aromatic heterocycles. The number of allylic oxidation sites excluding steroid dienone is 2. The van der Waals surface area contributed by atoms with Crippen molar-refractivity contribution < 1.29 is 19.7 Å². The third-order valence-corrected chi connectivity index (χ3v) is 6.49. The van der Waals surface area contributed by atoms with Crippen molar-refractivity contribution in [1.82, 2.24) is 0 Å². The van der Waals surface area contributed by atoms with Gasteiger partial charge in [0.05, 0.1) is 18.3 Å². The van der Waals surface area contributed by atoms with Gasteiger partial charge in [-0.3, -0.25) is 4.79 Å². The predicted molar refractivity (Wildman–Crippen MR) is 102 cm³/mol. The van der Waals surface area contributed by atoms with Crippen LogP contribution in [0.15, 0.2) is 24.3 Å². The summed E-state index contributed by atoms with van der Waals surface area (Å²) >= 11 is 0. The van der Waals surface area contributed by atoms with Crippen molar-refractivity contribution in [2.24, 2.45) is 17.8 Å². The molecule has 4 heteroatoms. The molecule has 146 valence electrons. The minimum Gasteiger partial charge on any atom is -0.481 e. The first-order valence-corrected chi connectivity index (χ1v) is 10.5. The van der Waals surface area contributed by atoms with Gasteiger partial charge in [-0.25, -0.2) is 0 Å². The average Bonchev–Trinajstić information content (AvgIpc) is 3.24. The molecular weight excluding hydrogens is 328 g/mol. The lowest BCUT2D eigenvalue weighted by Gasteiger charge is -2.27. The molecule has 0 amide bonds. The van der Waals surface area contributed by atoms with Crippen LogP contribution in [0.2, 0.25) is 0 Å². The van der Waals surface area contributed by atoms with Gasteiger partial charge < -0.3 is 14.9 Å². The fourth-order valence-corrected chi connectivity index (χ4v) is 5.00. The number of carboxylic acids is 1. The Labute approximate surface area is 157 Å². The molecule has 0 unspecified atom stereocenters. The second kappa shape index (κ2) is 9.70. The number of aliphatic hydroxyl groups is 1. The Hall–Kier alpha value is -1.13. The summed E-state index contributed by atoms with van der Waals surface area (Å²) in [6, 6.07) is 0. The molecule has 2 aliphatic heterocycles. The molecule has 2 heterocycles. The largest absolute Gasteiger partial charge is 0.481 e. The van der Waals surface area contributed by atoms with Crippen LogP contribution >= 0.6 is 0 Å². The van der Waals surface area contributed by atoms with Gasteiger partial charge in [-0.2, -0.15) is 0 Å². The Bertz CT molecular complexity index is 506. The van der Waals surface area contributed by atoms with Crippen molar-refractivity contribution >= 4 is 5.97 Å². The molecule has 0 radical (unpaired) electrons. The summed E-state index contributed by atoms with van der Waals surface area (Å²) in [4.78, 5) is 10.5. The van der Waals surface area contributed by atoms with Crippen LogP contribution in [-0.4, -0.2) is 34.5 Å². The number of fused-ring (bicyclic) bond motifs is 2. The number of ether oxygens (including phenoxy) is 1. The number of aliphatic carboxylic acids is 1. The maximum atomic E-state index is 10.5. The van der Waals surface area contributed by atoms with Crippen LogP contribution in [0.25, 0.3) is 0 Å². The van der Waals surface area contributed by atoms with Crippen molar-refractivity contribution in [1.29, 1.82) is 0 Å². The quantitative estimate of drug-likeness (QED) is 0.469. The molecule has 2 N–H and O–H groups in total. The van der Waals surface area contributed by atoms with E-state index >= 15 is 0 Å². The topological polar surface area (TPSA) is 66.8 Å². The molecule has 3 fully saturated rings. The number of hydrogen-bond donors (Lipinski definition) is 2. The van der Waals surface area contributed by atoms with E-state index in [9.17, 15) is 9.90 Å². The van der Waals surface area contributed by atoms with Gasteiger partial charge in [0.2, 0.25) is 0 Å². The van der Waals surface area contributed by atoms with E-state index < -0.39 is 5.97 Å². The standard InChI is InChI=1S/C22H34O4/c23-19(16-8-4-3-5-9-16)13-12-18-17(20-14-15-21(18)26-20)10-6-1-2-7-11-22(24)25/h1,6,12-13,16-21,23H,2-5,7-11,14-15H2,(H,24,25)/b6-1-,13-12+/t17-,18-,19+,20+,21-/m1/s1. The van der Waals surface area contributed by atoms with E-state index in [1.807, 2.05) is 6.08 Å². The lowest BCUT2D eigenvalue weighted by molar-refractivity contribution is -0.137. The van der Waals surface area contributed by atoms with E-state index in [1.165, 1.54) is 19.3 Å². The zero-order chi connectivity index (χ0) is 18.4. The van der Waals surface area contributed by atoms with Crippen molar-refractivity contribution in [2.75, 3.05) is 0 Å². The normalized spacial score (nSPS) is 33.4. The summed E-state index contributed by atoms with van der Waals surface area (Å²) in [5, 5.41) is 19.2. The number of carboxylic acid groups (broad SMARTS) is 1. The van der Waals surface area contributed by atoms with Crippen molar-refractivity contribution in [3.05, 3.63) is 24.3 Å². The van der Waals surface area contributed by atoms with Gasteiger partial charge in [0.25, 0.3) is 0 Å². The highest BCUT2D eigenvalue weighted by atomic mass is 16.5. The van der Waals surface area contributed by atoms with E-state index in [0.29, 0.717) is 36.4 Å². The van der Waals surface area contributed by atoms with Gasteiger partial charge >= 0.3 is 5.97 Å². The highest BCUT2D eigenvalue weighted by Gasteiger charge is 2.46. The molecule has 3 aliphatic rings. The van der Waals surface area contributed by atoms with Crippen LogP contribution in [0.1, 0.15) is 70.6 Å². The minimum atomic E-state index is -0.721. The summed E-state index contributed by atoms with van der Waals surface area (Å²) in [5.74, 6) is 0.628. The summed E-state index contributed by atoms with van der Waals surface area (Å²) in [6.45, 7) is 0. The minimum absolute atomic E-state index is 0.242. The second-order valence-electron chi connectivity index (χ2n) is 8.30. The Morgan fingerprint density at radius 2 is 1.85 bits per heavy atom. The van der Waals surface area contributed by atoms with Gasteiger partial charge in [0.1, 0.15) is 0 Å². The molecular formula is C22H34O4. The zero-order valence-electron chi connectivity index (χ0n) is 15.8. The first-order chi connectivity index (χ1) is 12.6. The molecule has 1 saturated carbocycles. The molecule has 4 nitrogen and oxygen atoms in total. The van der Waals surface area contributed by atoms with Crippen molar-refractivity contribution in [2.45, 2.75) is 88.9 Å². The highest BCUT2D eigenvalue weighted by molar-refractivity contribution is 5.66. The Kier molecular flexibility index (Phi) is 7.32. The van der Waals surface area contributed by atoms with E-state index in [4.69, 9.17) is 9.84 Å². The molecule has 5 atom stereocenters. The smallest absolute Gasteiger partial charge is 0.303 e.